The van der Waals surface area contributed by atoms with E-state index in [1.807, 2.05) is 0 Å². The van der Waals surface area contributed by atoms with Crippen LogP contribution in [0.15, 0.2) is 18.2 Å². The van der Waals surface area contributed by atoms with Gasteiger partial charge in [0.15, 0.2) is 0 Å². The van der Waals surface area contributed by atoms with Crippen molar-refractivity contribution in [3.63, 3.8) is 0 Å². The second-order valence-electron chi connectivity index (χ2n) is 5.75. The summed E-state index contributed by atoms with van der Waals surface area (Å²) in [6.45, 7) is 5.48. The zero-order valence-corrected chi connectivity index (χ0v) is 12.6. The Morgan fingerprint density at radius 3 is 2.80 bits per heavy atom. The van der Waals surface area contributed by atoms with Gasteiger partial charge in [-0.1, -0.05) is 19.9 Å². The quantitative estimate of drug-likeness (QED) is 0.883. The van der Waals surface area contributed by atoms with Gasteiger partial charge in [-0.3, -0.25) is 4.98 Å². The molecule has 1 aliphatic carbocycles. The average Bonchev–Trinajstić information content (AvgIpc) is 2.51. The summed E-state index contributed by atoms with van der Waals surface area (Å²) in [5, 5.41) is 4.99. The Morgan fingerprint density at radius 1 is 1.15 bits per heavy atom. The van der Waals surface area contributed by atoms with Crippen LogP contribution in [0.4, 0.5) is 5.69 Å². The Bertz CT molecular complexity index is 616. The summed E-state index contributed by atoms with van der Waals surface area (Å²) in [7, 11) is 0. The van der Waals surface area contributed by atoms with E-state index in [0.29, 0.717) is 0 Å². The number of rotatable bonds is 4. The van der Waals surface area contributed by atoms with Crippen LogP contribution in [0.5, 0.6) is 0 Å². The lowest BCUT2D eigenvalue weighted by molar-refractivity contribution is 0.672. The number of anilines is 1. The number of nitrogens with zero attached hydrogens (tertiary/aromatic N) is 1. The molecule has 3 rings (SSSR count). The summed E-state index contributed by atoms with van der Waals surface area (Å²) in [5.74, 6) is 0. The molecule has 2 heteroatoms. The van der Waals surface area contributed by atoms with Crippen LogP contribution >= 0.6 is 0 Å². The highest BCUT2D eigenvalue weighted by molar-refractivity contribution is 5.94. The summed E-state index contributed by atoms with van der Waals surface area (Å²) in [5.41, 5.74) is 6.72. The van der Waals surface area contributed by atoms with Crippen molar-refractivity contribution in [1.29, 1.82) is 0 Å². The minimum Gasteiger partial charge on any atom is -0.384 e. The van der Waals surface area contributed by atoms with E-state index in [0.717, 1.165) is 31.3 Å². The number of fused-ring (bicyclic) bond motifs is 2. The molecule has 0 bridgehead atoms. The molecular weight excluding hydrogens is 244 g/mol. The second-order valence-corrected chi connectivity index (χ2v) is 5.75. The van der Waals surface area contributed by atoms with Crippen LogP contribution in [0.1, 0.15) is 49.9 Å². The van der Waals surface area contributed by atoms with Crippen molar-refractivity contribution in [2.75, 3.05) is 11.9 Å². The molecule has 0 amide bonds. The molecule has 0 fully saturated rings. The highest BCUT2D eigenvalue weighted by Gasteiger charge is 2.17. The summed E-state index contributed by atoms with van der Waals surface area (Å²) in [4.78, 5) is 4.92. The van der Waals surface area contributed by atoms with Crippen molar-refractivity contribution in [1.82, 2.24) is 4.98 Å². The Balaban J connectivity index is 2.20. The number of nitrogens with one attached hydrogen (secondary N) is 1. The van der Waals surface area contributed by atoms with Crippen LogP contribution in [0, 0.1) is 0 Å². The maximum absolute atomic E-state index is 4.92. The molecule has 1 aromatic carbocycles. The molecule has 2 nitrogen and oxygen atoms in total. The van der Waals surface area contributed by atoms with Crippen molar-refractivity contribution in [3.05, 3.63) is 35.0 Å². The molecule has 1 heterocycles. The lowest BCUT2D eigenvalue weighted by Gasteiger charge is -2.22. The molecule has 1 aromatic heterocycles. The van der Waals surface area contributed by atoms with Crippen LogP contribution in [-0.4, -0.2) is 11.5 Å². The maximum atomic E-state index is 4.92. The summed E-state index contributed by atoms with van der Waals surface area (Å²) in [6, 6.07) is 6.74. The van der Waals surface area contributed by atoms with Crippen molar-refractivity contribution in [2.24, 2.45) is 0 Å². The van der Waals surface area contributed by atoms with Gasteiger partial charge in [-0.25, -0.2) is 0 Å². The van der Waals surface area contributed by atoms with Gasteiger partial charge in [0.05, 0.1) is 5.52 Å². The number of aromatic nitrogens is 1. The largest absolute Gasteiger partial charge is 0.384 e. The highest BCUT2D eigenvalue weighted by Crippen LogP contribution is 2.33. The zero-order chi connectivity index (χ0) is 13.9. The van der Waals surface area contributed by atoms with Crippen molar-refractivity contribution in [3.8, 4) is 0 Å². The van der Waals surface area contributed by atoms with E-state index in [9.17, 15) is 0 Å². The second kappa shape index (κ2) is 5.82. The zero-order valence-electron chi connectivity index (χ0n) is 12.6. The molecule has 2 aromatic rings. The van der Waals surface area contributed by atoms with Gasteiger partial charge in [0.25, 0.3) is 0 Å². The fourth-order valence-electron chi connectivity index (χ4n) is 3.14. The molecule has 0 radical (unpaired) electrons. The molecule has 1 aliphatic rings. The number of hydrogen-bond donors (Lipinski definition) is 1. The van der Waals surface area contributed by atoms with Crippen LogP contribution in [0.3, 0.4) is 0 Å². The van der Waals surface area contributed by atoms with E-state index in [1.165, 1.54) is 47.2 Å². The maximum Gasteiger partial charge on any atom is 0.0726 e. The van der Waals surface area contributed by atoms with Gasteiger partial charge in [0.1, 0.15) is 0 Å². The molecular formula is C18H24N2. The number of hydrogen-bond acceptors (Lipinski definition) is 2. The van der Waals surface area contributed by atoms with Crippen molar-refractivity contribution in [2.45, 2.75) is 52.4 Å². The lowest BCUT2D eigenvalue weighted by atomic mass is 9.92. The minimum absolute atomic E-state index is 1.04. The lowest BCUT2D eigenvalue weighted by Crippen LogP contribution is -2.12. The smallest absolute Gasteiger partial charge is 0.0726 e. The van der Waals surface area contributed by atoms with Gasteiger partial charge >= 0.3 is 0 Å². The van der Waals surface area contributed by atoms with Crippen LogP contribution < -0.4 is 5.32 Å². The third-order valence-electron chi connectivity index (χ3n) is 4.29. The molecule has 0 unspecified atom stereocenters. The van der Waals surface area contributed by atoms with Gasteiger partial charge in [0, 0.05) is 23.3 Å². The minimum atomic E-state index is 1.04. The van der Waals surface area contributed by atoms with E-state index < -0.39 is 0 Å². The molecule has 0 spiro atoms. The van der Waals surface area contributed by atoms with Gasteiger partial charge < -0.3 is 5.32 Å². The van der Waals surface area contributed by atoms with E-state index in [-0.39, 0.29) is 0 Å². The Hall–Kier alpha value is -1.57. The molecule has 106 valence electrons. The van der Waals surface area contributed by atoms with Crippen LogP contribution in [0.2, 0.25) is 0 Å². The standard InChI is InChI=1S/C18H24N2/c1-3-11-19-18-14-7-5-6-8-16(14)20-17-10-9-13(4-2)12-15(17)18/h9-10,12H,3-8,11H2,1-2H3,(H,19,20). The van der Waals surface area contributed by atoms with Crippen molar-refractivity contribution >= 4 is 16.6 Å². The first kappa shape index (κ1) is 13.4. The van der Waals surface area contributed by atoms with E-state index >= 15 is 0 Å². The Morgan fingerprint density at radius 2 is 2.00 bits per heavy atom. The fourth-order valence-corrected chi connectivity index (χ4v) is 3.14. The molecule has 1 N–H and O–H groups in total. The number of pyridine rings is 1. The predicted octanol–water partition coefficient (Wildman–Crippen LogP) is 4.50. The molecule has 20 heavy (non-hydrogen) atoms. The number of aryl methyl sites for hydroxylation is 2. The van der Waals surface area contributed by atoms with Gasteiger partial charge in [-0.15, -0.1) is 0 Å². The van der Waals surface area contributed by atoms with Gasteiger partial charge in [-0.05, 0) is 61.8 Å². The normalized spacial score (nSPS) is 14.3. The first-order valence-corrected chi connectivity index (χ1v) is 8.01. The van der Waals surface area contributed by atoms with Crippen LogP contribution in [0.25, 0.3) is 10.9 Å². The summed E-state index contributed by atoms with van der Waals surface area (Å²) >= 11 is 0. The third kappa shape index (κ3) is 2.39. The summed E-state index contributed by atoms with van der Waals surface area (Å²) < 4.78 is 0. The fraction of sp³-hybridized carbons (Fsp3) is 0.500. The average molecular weight is 268 g/mol. The van der Waals surface area contributed by atoms with Crippen LogP contribution in [-0.2, 0) is 19.3 Å². The topological polar surface area (TPSA) is 24.9 Å². The number of benzene rings is 1. The Labute approximate surface area is 121 Å². The molecule has 0 aliphatic heterocycles. The predicted molar refractivity (Wildman–Crippen MR) is 86.5 cm³/mol. The monoisotopic (exact) mass is 268 g/mol. The first-order chi connectivity index (χ1) is 9.83. The van der Waals surface area contributed by atoms with E-state index in [1.54, 1.807) is 0 Å². The van der Waals surface area contributed by atoms with Gasteiger partial charge in [0.2, 0.25) is 0 Å². The SMILES string of the molecule is CCCNc1c2c(nc3ccc(CC)cc13)CCCC2. The first-order valence-electron chi connectivity index (χ1n) is 8.01. The third-order valence-corrected chi connectivity index (χ3v) is 4.29. The highest BCUT2D eigenvalue weighted by atomic mass is 14.9. The summed E-state index contributed by atoms with van der Waals surface area (Å²) in [6.07, 6.45) is 7.15. The molecule has 0 saturated carbocycles. The van der Waals surface area contributed by atoms with E-state index in [4.69, 9.17) is 4.98 Å². The van der Waals surface area contributed by atoms with Crippen molar-refractivity contribution < 1.29 is 0 Å². The Kier molecular flexibility index (Phi) is 3.90. The van der Waals surface area contributed by atoms with Gasteiger partial charge in [-0.2, -0.15) is 0 Å². The molecule has 0 atom stereocenters. The molecule has 0 saturated heterocycles. The van der Waals surface area contributed by atoms with E-state index in [2.05, 4.69) is 37.4 Å².